The van der Waals surface area contributed by atoms with Crippen molar-refractivity contribution in [1.29, 1.82) is 5.26 Å². The fourth-order valence-electron chi connectivity index (χ4n) is 1.91. The molecule has 104 valence electrons. The number of nitriles is 1. The highest BCUT2D eigenvalue weighted by Gasteiger charge is 2.11. The third-order valence-electron chi connectivity index (χ3n) is 2.99. The van der Waals surface area contributed by atoms with E-state index in [0.717, 1.165) is 5.56 Å². The fourth-order valence-corrected chi connectivity index (χ4v) is 2.14. The van der Waals surface area contributed by atoms with Crippen LogP contribution in [0.4, 0.5) is 0 Å². The smallest absolute Gasteiger partial charge is 0.222 e. The van der Waals surface area contributed by atoms with Gasteiger partial charge in [0.2, 0.25) is 5.88 Å². The summed E-state index contributed by atoms with van der Waals surface area (Å²) in [7, 11) is 1.83. The lowest BCUT2D eigenvalue weighted by Crippen LogP contribution is -1.95. The van der Waals surface area contributed by atoms with Crippen molar-refractivity contribution in [3.63, 3.8) is 0 Å². The van der Waals surface area contributed by atoms with Crippen molar-refractivity contribution in [2.24, 2.45) is 7.05 Å². The van der Waals surface area contributed by atoms with Crippen LogP contribution in [0.2, 0.25) is 5.02 Å². The number of imidazole rings is 1. The molecule has 0 aliphatic heterocycles. The molecule has 3 rings (SSSR count). The van der Waals surface area contributed by atoms with Gasteiger partial charge in [-0.2, -0.15) is 10.2 Å². The molecule has 0 aliphatic carbocycles. The minimum atomic E-state index is 0.341. The Hall–Kier alpha value is -2.65. The third-order valence-corrected chi connectivity index (χ3v) is 3.28. The van der Waals surface area contributed by atoms with Crippen LogP contribution in [-0.4, -0.2) is 19.5 Å². The average Bonchev–Trinajstić information content (AvgIpc) is 2.83. The van der Waals surface area contributed by atoms with Crippen molar-refractivity contribution in [2.75, 3.05) is 0 Å². The molecular weight excluding hydrogens is 290 g/mol. The molecule has 0 spiro atoms. The molecule has 7 heteroatoms. The van der Waals surface area contributed by atoms with Gasteiger partial charge in [-0.25, -0.2) is 9.97 Å². The van der Waals surface area contributed by atoms with E-state index in [4.69, 9.17) is 21.6 Å². The van der Waals surface area contributed by atoms with Crippen LogP contribution >= 0.6 is 11.6 Å². The molecule has 0 saturated carbocycles. The van der Waals surface area contributed by atoms with Crippen LogP contribution in [0.1, 0.15) is 11.3 Å². The van der Waals surface area contributed by atoms with Crippen LogP contribution in [0.15, 0.2) is 24.7 Å². The number of pyridine rings is 2. The van der Waals surface area contributed by atoms with Crippen molar-refractivity contribution in [3.8, 4) is 17.7 Å². The molecule has 0 amide bonds. The van der Waals surface area contributed by atoms with E-state index < -0.39 is 0 Å². The van der Waals surface area contributed by atoms with Crippen molar-refractivity contribution >= 4 is 22.8 Å². The summed E-state index contributed by atoms with van der Waals surface area (Å²) >= 11 is 6.17. The maximum absolute atomic E-state index is 8.81. The summed E-state index contributed by atoms with van der Waals surface area (Å²) in [6.45, 7) is 1.84. The Balaban J connectivity index is 2.02. The molecule has 3 aromatic rings. The number of halogens is 1. The number of aryl methyl sites for hydroxylation is 2. The van der Waals surface area contributed by atoms with Crippen molar-refractivity contribution < 1.29 is 4.74 Å². The largest absolute Gasteiger partial charge is 0.437 e. The summed E-state index contributed by atoms with van der Waals surface area (Å²) in [5.74, 6) is 0.879. The highest BCUT2D eigenvalue weighted by atomic mass is 35.5. The van der Waals surface area contributed by atoms with Gasteiger partial charge in [-0.1, -0.05) is 11.6 Å². The Kier molecular flexibility index (Phi) is 3.20. The van der Waals surface area contributed by atoms with E-state index >= 15 is 0 Å². The number of nitrogens with zero attached hydrogens (tertiary/aromatic N) is 5. The first kappa shape index (κ1) is 13.3. The predicted octanol–water partition coefficient (Wildman–Crippen LogP) is 2.99. The quantitative estimate of drug-likeness (QED) is 0.727. The monoisotopic (exact) mass is 299 g/mol. The Morgan fingerprint density at radius 3 is 2.86 bits per heavy atom. The molecule has 0 radical (unpaired) electrons. The second-order valence-corrected chi connectivity index (χ2v) is 4.93. The summed E-state index contributed by atoms with van der Waals surface area (Å²) in [5, 5.41) is 9.28. The van der Waals surface area contributed by atoms with Crippen molar-refractivity contribution in [3.05, 3.63) is 40.9 Å². The lowest BCUT2D eigenvalue weighted by molar-refractivity contribution is 0.458. The fraction of sp³-hybridized carbons (Fsp3) is 0.143. The van der Waals surface area contributed by atoms with E-state index in [1.807, 2.05) is 20.0 Å². The van der Waals surface area contributed by atoms with Crippen LogP contribution < -0.4 is 4.74 Å². The van der Waals surface area contributed by atoms with Crippen LogP contribution in [0.3, 0.4) is 0 Å². The first-order valence-electron chi connectivity index (χ1n) is 6.10. The van der Waals surface area contributed by atoms with Crippen LogP contribution in [0, 0.1) is 18.3 Å². The van der Waals surface area contributed by atoms with Gasteiger partial charge in [0, 0.05) is 13.1 Å². The normalized spacial score (nSPS) is 10.6. The number of aromatic nitrogens is 4. The van der Waals surface area contributed by atoms with Gasteiger partial charge in [0.05, 0.1) is 17.5 Å². The van der Waals surface area contributed by atoms with Crippen molar-refractivity contribution in [1.82, 2.24) is 19.5 Å². The number of hydrogen-bond donors (Lipinski definition) is 0. The topological polar surface area (TPSA) is 76.6 Å². The van der Waals surface area contributed by atoms with Gasteiger partial charge < -0.3 is 9.30 Å². The maximum atomic E-state index is 8.81. The highest BCUT2D eigenvalue weighted by Crippen LogP contribution is 2.29. The Morgan fingerprint density at radius 2 is 2.14 bits per heavy atom. The second-order valence-electron chi connectivity index (χ2n) is 4.52. The molecule has 0 aromatic carbocycles. The molecule has 0 N–H and O–H groups in total. The van der Waals surface area contributed by atoms with Gasteiger partial charge in [-0.15, -0.1) is 0 Å². The molecule has 0 aliphatic rings. The zero-order valence-corrected chi connectivity index (χ0v) is 12.1. The zero-order valence-electron chi connectivity index (χ0n) is 11.3. The summed E-state index contributed by atoms with van der Waals surface area (Å²) < 4.78 is 7.48. The lowest BCUT2D eigenvalue weighted by Gasteiger charge is -2.08. The molecule has 0 atom stereocenters. The average molecular weight is 300 g/mol. The number of rotatable bonds is 2. The van der Waals surface area contributed by atoms with E-state index in [9.17, 15) is 0 Å². The molecular formula is C14H10ClN5O. The molecule has 3 aromatic heterocycles. The summed E-state index contributed by atoms with van der Waals surface area (Å²) in [6, 6.07) is 5.24. The van der Waals surface area contributed by atoms with E-state index in [0.29, 0.717) is 33.5 Å². The molecule has 3 heterocycles. The van der Waals surface area contributed by atoms with Gasteiger partial charge >= 0.3 is 0 Å². The Labute approximate surface area is 125 Å². The SMILES string of the molecule is Cc1cc(C#N)ncc1Oc1cc(Cl)c2ncn(C)c2n1. The van der Waals surface area contributed by atoms with Crippen LogP contribution in [0.5, 0.6) is 11.6 Å². The third kappa shape index (κ3) is 2.39. The van der Waals surface area contributed by atoms with E-state index in [1.165, 1.54) is 6.20 Å². The molecule has 6 nitrogen and oxygen atoms in total. The summed E-state index contributed by atoms with van der Waals surface area (Å²) in [6.07, 6.45) is 3.14. The number of hydrogen-bond acceptors (Lipinski definition) is 5. The molecule has 0 unspecified atom stereocenters. The van der Waals surface area contributed by atoms with Crippen molar-refractivity contribution in [2.45, 2.75) is 6.92 Å². The Bertz CT molecular complexity index is 881. The molecule has 0 saturated heterocycles. The first-order chi connectivity index (χ1) is 10.1. The summed E-state index contributed by atoms with van der Waals surface area (Å²) in [5.41, 5.74) is 2.40. The Morgan fingerprint density at radius 1 is 1.33 bits per heavy atom. The maximum Gasteiger partial charge on any atom is 0.222 e. The molecule has 0 bridgehead atoms. The van der Waals surface area contributed by atoms with Crippen LogP contribution in [-0.2, 0) is 7.05 Å². The van der Waals surface area contributed by atoms with Gasteiger partial charge in [-0.05, 0) is 18.6 Å². The first-order valence-corrected chi connectivity index (χ1v) is 6.48. The minimum Gasteiger partial charge on any atom is -0.437 e. The molecule has 0 fully saturated rings. The second kappa shape index (κ2) is 5.04. The predicted molar refractivity (Wildman–Crippen MR) is 77.3 cm³/mol. The lowest BCUT2D eigenvalue weighted by atomic mass is 10.2. The van der Waals surface area contributed by atoms with E-state index in [-0.39, 0.29) is 0 Å². The number of fused-ring (bicyclic) bond motifs is 1. The van der Waals surface area contributed by atoms with Gasteiger partial charge in [-0.3, -0.25) is 0 Å². The highest BCUT2D eigenvalue weighted by molar-refractivity contribution is 6.34. The summed E-state index contributed by atoms with van der Waals surface area (Å²) in [4.78, 5) is 12.5. The van der Waals surface area contributed by atoms with Gasteiger partial charge in [0.1, 0.15) is 17.3 Å². The van der Waals surface area contributed by atoms with Gasteiger partial charge in [0.25, 0.3) is 0 Å². The molecule has 21 heavy (non-hydrogen) atoms. The zero-order chi connectivity index (χ0) is 15.0. The standard InChI is InChI=1S/C14H10ClN5O/c1-8-3-9(5-16)17-6-11(8)21-12-4-10(15)13-14(19-12)20(2)7-18-13/h3-4,6-7H,1-2H3. The van der Waals surface area contributed by atoms with Gasteiger partial charge in [0.15, 0.2) is 11.4 Å². The van der Waals surface area contributed by atoms with Crippen LogP contribution in [0.25, 0.3) is 11.2 Å². The minimum absolute atomic E-state index is 0.341. The van der Waals surface area contributed by atoms with E-state index in [1.54, 1.807) is 23.0 Å². The van der Waals surface area contributed by atoms with E-state index in [2.05, 4.69) is 15.0 Å². The number of ether oxygens (including phenoxy) is 1.